The average Bonchev–Trinajstić information content (AvgIpc) is 2.31. The van der Waals surface area contributed by atoms with Crippen LogP contribution in [-0.2, 0) is 4.74 Å². The summed E-state index contributed by atoms with van der Waals surface area (Å²) in [6.07, 6.45) is 10.1. The monoisotopic (exact) mass is 232 g/mol. The summed E-state index contributed by atoms with van der Waals surface area (Å²) in [4.78, 5) is 0. The number of aliphatic hydroxyl groups is 2. The van der Waals surface area contributed by atoms with Gasteiger partial charge in [-0.1, -0.05) is 44.9 Å². The van der Waals surface area contributed by atoms with E-state index in [2.05, 4.69) is 0 Å². The summed E-state index contributed by atoms with van der Waals surface area (Å²) < 4.78 is 4.99. The van der Waals surface area contributed by atoms with E-state index in [4.69, 9.17) is 14.9 Å². The highest BCUT2D eigenvalue weighted by Crippen LogP contribution is 2.10. The maximum Gasteiger partial charge on any atom is 0.0770 e. The fraction of sp³-hybridized carbons (Fsp3) is 1.00. The first-order valence-electron chi connectivity index (χ1n) is 6.59. The summed E-state index contributed by atoms with van der Waals surface area (Å²) in [5.74, 6) is 0. The Morgan fingerprint density at radius 3 is 1.88 bits per heavy atom. The second-order valence-electron chi connectivity index (χ2n) is 4.45. The number of rotatable bonds is 12. The molecule has 0 rings (SSSR count). The Labute approximate surface area is 99.8 Å². The molecule has 16 heavy (non-hydrogen) atoms. The number of ether oxygens (including phenoxy) is 1. The molecule has 0 aromatic rings. The molecule has 0 aliphatic heterocycles. The van der Waals surface area contributed by atoms with Gasteiger partial charge in [0.25, 0.3) is 0 Å². The molecule has 0 aromatic heterocycles. The minimum absolute atomic E-state index is 0.0977. The summed E-state index contributed by atoms with van der Waals surface area (Å²) in [5, 5.41) is 17.7. The van der Waals surface area contributed by atoms with Crippen molar-refractivity contribution in [2.24, 2.45) is 0 Å². The highest BCUT2D eigenvalue weighted by molar-refractivity contribution is 4.53. The summed E-state index contributed by atoms with van der Waals surface area (Å²) in [5.41, 5.74) is 0. The van der Waals surface area contributed by atoms with Crippen LogP contribution in [0.25, 0.3) is 0 Å². The van der Waals surface area contributed by atoms with E-state index < -0.39 is 6.10 Å². The van der Waals surface area contributed by atoms with Gasteiger partial charge in [0.05, 0.1) is 12.7 Å². The van der Waals surface area contributed by atoms with Crippen LogP contribution in [0, 0.1) is 0 Å². The summed E-state index contributed by atoms with van der Waals surface area (Å²) >= 11 is 0. The molecule has 98 valence electrons. The molecule has 3 heteroatoms. The summed E-state index contributed by atoms with van der Waals surface area (Å²) in [7, 11) is 1.75. The maximum atomic E-state index is 9.12. The van der Waals surface area contributed by atoms with Crippen LogP contribution in [0.4, 0.5) is 0 Å². The van der Waals surface area contributed by atoms with Gasteiger partial charge in [-0.05, 0) is 12.8 Å². The number of unbranched alkanes of at least 4 members (excludes halogenated alkanes) is 7. The van der Waals surface area contributed by atoms with Crippen LogP contribution in [0.2, 0.25) is 0 Å². The lowest BCUT2D eigenvalue weighted by Crippen LogP contribution is -2.10. The lowest BCUT2D eigenvalue weighted by molar-refractivity contribution is 0.0860. The van der Waals surface area contributed by atoms with Crippen molar-refractivity contribution >= 4 is 0 Å². The second-order valence-corrected chi connectivity index (χ2v) is 4.45. The molecule has 0 saturated heterocycles. The number of aliphatic hydroxyl groups excluding tert-OH is 2. The SMILES string of the molecule is COCCCCCCCCCCC(O)CO. The van der Waals surface area contributed by atoms with E-state index in [0.717, 1.165) is 19.4 Å². The normalized spacial score (nSPS) is 12.9. The molecule has 0 aliphatic carbocycles. The Balaban J connectivity index is 2.93. The van der Waals surface area contributed by atoms with Gasteiger partial charge in [-0.3, -0.25) is 0 Å². The molecule has 0 fully saturated rings. The number of hydrogen-bond donors (Lipinski definition) is 2. The third-order valence-electron chi connectivity index (χ3n) is 2.85. The van der Waals surface area contributed by atoms with Crippen molar-refractivity contribution in [2.75, 3.05) is 20.3 Å². The predicted octanol–water partition coefficient (Wildman–Crippen LogP) is 2.50. The molecule has 0 aliphatic rings. The van der Waals surface area contributed by atoms with Gasteiger partial charge in [0.15, 0.2) is 0 Å². The lowest BCUT2D eigenvalue weighted by Gasteiger charge is -2.06. The standard InChI is InChI=1S/C13H28O3/c1-16-11-9-7-5-3-2-4-6-8-10-13(15)12-14/h13-15H,2-12H2,1H3. The maximum absolute atomic E-state index is 9.12. The molecule has 0 radical (unpaired) electrons. The van der Waals surface area contributed by atoms with Gasteiger partial charge in [-0.15, -0.1) is 0 Å². The van der Waals surface area contributed by atoms with E-state index in [1.54, 1.807) is 7.11 Å². The van der Waals surface area contributed by atoms with E-state index in [0.29, 0.717) is 0 Å². The Hall–Kier alpha value is -0.120. The minimum Gasteiger partial charge on any atom is -0.394 e. The van der Waals surface area contributed by atoms with Gasteiger partial charge < -0.3 is 14.9 Å². The minimum atomic E-state index is -0.506. The Kier molecular flexibility index (Phi) is 12.9. The molecule has 1 unspecified atom stereocenters. The molecule has 0 spiro atoms. The van der Waals surface area contributed by atoms with Crippen LogP contribution in [0.1, 0.15) is 57.8 Å². The molecular formula is C13H28O3. The summed E-state index contributed by atoms with van der Waals surface area (Å²) in [6.45, 7) is 0.790. The lowest BCUT2D eigenvalue weighted by atomic mass is 10.1. The van der Waals surface area contributed by atoms with Crippen LogP contribution >= 0.6 is 0 Å². The highest BCUT2D eigenvalue weighted by atomic mass is 16.5. The van der Waals surface area contributed by atoms with E-state index in [1.807, 2.05) is 0 Å². The summed E-state index contributed by atoms with van der Waals surface area (Å²) in [6, 6.07) is 0. The van der Waals surface area contributed by atoms with Gasteiger partial charge in [0.1, 0.15) is 0 Å². The van der Waals surface area contributed by atoms with E-state index in [9.17, 15) is 0 Å². The molecule has 0 saturated carbocycles. The Bertz CT molecular complexity index is 128. The molecule has 0 heterocycles. The van der Waals surface area contributed by atoms with Crippen LogP contribution in [0.5, 0.6) is 0 Å². The van der Waals surface area contributed by atoms with Gasteiger partial charge in [0, 0.05) is 13.7 Å². The van der Waals surface area contributed by atoms with Crippen molar-refractivity contribution in [1.82, 2.24) is 0 Å². The third-order valence-corrected chi connectivity index (χ3v) is 2.85. The first-order valence-corrected chi connectivity index (χ1v) is 6.59. The zero-order valence-electron chi connectivity index (χ0n) is 10.7. The first-order chi connectivity index (χ1) is 7.81. The molecule has 0 aromatic carbocycles. The molecule has 0 bridgehead atoms. The van der Waals surface area contributed by atoms with Crippen molar-refractivity contribution in [2.45, 2.75) is 63.9 Å². The van der Waals surface area contributed by atoms with Crippen LogP contribution in [0.3, 0.4) is 0 Å². The largest absolute Gasteiger partial charge is 0.394 e. The van der Waals surface area contributed by atoms with E-state index in [-0.39, 0.29) is 6.61 Å². The van der Waals surface area contributed by atoms with Gasteiger partial charge in [-0.25, -0.2) is 0 Å². The molecule has 0 amide bonds. The predicted molar refractivity (Wildman–Crippen MR) is 66.5 cm³/mol. The smallest absolute Gasteiger partial charge is 0.0770 e. The quantitative estimate of drug-likeness (QED) is 0.508. The zero-order valence-corrected chi connectivity index (χ0v) is 10.7. The zero-order chi connectivity index (χ0) is 12.1. The van der Waals surface area contributed by atoms with Crippen LogP contribution in [-0.4, -0.2) is 36.6 Å². The molecular weight excluding hydrogens is 204 g/mol. The number of methoxy groups -OCH3 is 1. The van der Waals surface area contributed by atoms with E-state index >= 15 is 0 Å². The molecule has 2 N–H and O–H groups in total. The fourth-order valence-corrected chi connectivity index (χ4v) is 1.78. The van der Waals surface area contributed by atoms with Crippen molar-refractivity contribution in [3.63, 3.8) is 0 Å². The van der Waals surface area contributed by atoms with Crippen molar-refractivity contribution in [1.29, 1.82) is 0 Å². The Morgan fingerprint density at radius 2 is 1.38 bits per heavy atom. The van der Waals surface area contributed by atoms with Gasteiger partial charge >= 0.3 is 0 Å². The fourth-order valence-electron chi connectivity index (χ4n) is 1.78. The van der Waals surface area contributed by atoms with Crippen LogP contribution < -0.4 is 0 Å². The molecule has 1 atom stereocenters. The van der Waals surface area contributed by atoms with Gasteiger partial charge in [-0.2, -0.15) is 0 Å². The molecule has 3 nitrogen and oxygen atoms in total. The third kappa shape index (κ3) is 12.0. The highest BCUT2D eigenvalue weighted by Gasteiger charge is 2.00. The van der Waals surface area contributed by atoms with Crippen molar-refractivity contribution in [3.8, 4) is 0 Å². The second kappa shape index (κ2) is 12.9. The van der Waals surface area contributed by atoms with Crippen molar-refractivity contribution in [3.05, 3.63) is 0 Å². The average molecular weight is 232 g/mol. The van der Waals surface area contributed by atoms with Crippen molar-refractivity contribution < 1.29 is 14.9 Å². The van der Waals surface area contributed by atoms with Crippen LogP contribution in [0.15, 0.2) is 0 Å². The van der Waals surface area contributed by atoms with E-state index in [1.165, 1.54) is 44.9 Å². The first kappa shape index (κ1) is 15.9. The Morgan fingerprint density at radius 1 is 0.875 bits per heavy atom. The van der Waals surface area contributed by atoms with Gasteiger partial charge in [0.2, 0.25) is 0 Å². The topological polar surface area (TPSA) is 49.7 Å². The number of hydrogen-bond acceptors (Lipinski definition) is 3.